The molecular formula is C21H21N5O. The van der Waals surface area contributed by atoms with Gasteiger partial charge in [-0.05, 0) is 35.7 Å². The number of hydrazine groups is 1. The van der Waals surface area contributed by atoms with E-state index in [0.29, 0.717) is 13.0 Å². The Balaban J connectivity index is 1.31. The van der Waals surface area contributed by atoms with E-state index < -0.39 is 0 Å². The summed E-state index contributed by atoms with van der Waals surface area (Å²) in [6.07, 6.45) is 6.02. The molecule has 0 bridgehead atoms. The van der Waals surface area contributed by atoms with Gasteiger partial charge in [0.2, 0.25) is 5.91 Å². The molecule has 3 aromatic rings. The van der Waals surface area contributed by atoms with Crippen molar-refractivity contribution in [1.29, 1.82) is 0 Å². The summed E-state index contributed by atoms with van der Waals surface area (Å²) in [5.41, 5.74) is 10.3. The van der Waals surface area contributed by atoms with Gasteiger partial charge >= 0.3 is 0 Å². The lowest BCUT2D eigenvalue weighted by Crippen LogP contribution is -2.42. The number of benzene rings is 1. The molecule has 1 fully saturated rings. The third-order valence-electron chi connectivity index (χ3n) is 4.67. The molecule has 4 rings (SSSR count). The van der Waals surface area contributed by atoms with Crippen LogP contribution in [0.3, 0.4) is 0 Å². The predicted molar refractivity (Wildman–Crippen MR) is 103 cm³/mol. The number of hydrogen-bond acceptors (Lipinski definition) is 5. The van der Waals surface area contributed by atoms with E-state index in [0.717, 1.165) is 16.8 Å². The number of nitrogens with one attached hydrogen (secondary N) is 3. The Bertz CT molecular complexity index is 883. The first-order chi connectivity index (χ1) is 13.3. The summed E-state index contributed by atoms with van der Waals surface area (Å²) < 4.78 is 0. The molecule has 2 atom stereocenters. The molecule has 2 unspecified atom stereocenters. The number of pyridine rings is 2. The van der Waals surface area contributed by atoms with Crippen molar-refractivity contribution in [1.82, 2.24) is 26.1 Å². The Kier molecular flexibility index (Phi) is 5.18. The Morgan fingerprint density at radius 3 is 2.67 bits per heavy atom. The van der Waals surface area contributed by atoms with Crippen LogP contribution in [0.4, 0.5) is 0 Å². The number of amides is 1. The molecule has 1 aromatic carbocycles. The van der Waals surface area contributed by atoms with Crippen molar-refractivity contribution in [2.24, 2.45) is 0 Å². The fourth-order valence-electron chi connectivity index (χ4n) is 3.16. The van der Waals surface area contributed by atoms with Crippen LogP contribution in [0.2, 0.25) is 0 Å². The number of aromatic nitrogens is 2. The molecule has 6 heteroatoms. The van der Waals surface area contributed by atoms with E-state index in [-0.39, 0.29) is 18.0 Å². The van der Waals surface area contributed by atoms with Crippen molar-refractivity contribution in [3.63, 3.8) is 0 Å². The van der Waals surface area contributed by atoms with Crippen LogP contribution < -0.4 is 16.2 Å². The molecule has 2 aromatic heterocycles. The highest BCUT2D eigenvalue weighted by Gasteiger charge is 2.29. The van der Waals surface area contributed by atoms with Crippen LogP contribution in [-0.4, -0.2) is 21.9 Å². The molecule has 0 aliphatic carbocycles. The van der Waals surface area contributed by atoms with Gasteiger partial charge in [0.05, 0.1) is 5.69 Å². The first-order valence-electron chi connectivity index (χ1n) is 8.98. The highest BCUT2D eigenvalue weighted by molar-refractivity contribution is 5.82. The second-order valence-corrected chi connectivity index (χ2v) is 6.55. The zero-order chi connectivity index (χ0) is 18.5. The van der Waals surface area contributed by atoms with Crippen molar-refractivity contribution < 1.29 is 4.79 Å². The Hall–Kier alpha value is -3.09. The molecule has 1 saturated heterocycles. The van der Waals surface area contributed by atoms with Crippen LogP contribution in [0.15, 0.2) is 73.2 Å². The maximum atomic E-state index is 12.4. The number of rotatable bonds is 5. The van der Waals surface area contributed by atoms with E-state index in [1.54, 1.807) is 18.6 Å². The zero-order valence-electron chi connectivity index (χ0n) is 14.8. The molecule has 6 nitrogen and oxygen atoms in total. The second kappa shape index (κ2) is 8.07. The monoisotopic (exact) mass is 359 g/mol. The minimum atomic E-state index is -0.252. The van der Waals surface area contributed by atoms with E-state index >= 15 is 0 Å². The van der Waals surface area contributed by atoms with E-state index in [4.69, 9.17) is 0 Å². The van der Waals surface area contributed by atoms with Crippen LogP contribution in [0.25, 0.3) is 11.3 Å². The van der Waals surface area contributed by atoms with Crippen molar-refractivity contribution >= 4 is 5.91 Å². The van der Waals surface area contributed by atoms with Gasteiger partial charge in [-0.1, -0.05) is 36.4 Å². The van der Waals surface area contributed by atoms with E-state index in [9.17, 15) is 4.79 Å². The number of nitrogens with zero attached hydrogens (tertiary/aromatic N) is 2. The number of carbonyl (C=O) groups is 1. The van der Waals surface area contributed by atoms with Gasteiger partial charge in [-0.15, -0.1) is 0 Å². The van der Waals surface area contributed by atoms with E-state index in [2.05, 4.69) is 38.3 Å². The van der Waals surface area contributed by atoms with Crippen LogP contribution in [0, 0.1) is 0 Å². The van der Waals surface area contributed by atoms with Crippen molar-refractivity contribution in [3.8, 4) is 11.3 Å². The molecule has 1 aliphatic rings. The highest BCUT2D eigenvalue weighted by atomic mass is 16.2. The molecular weight excluding hydrogens is 338 g/mol. The predicted octanol–water partition coefficient (Wildman–Crippen LogP) is 2.37. The number of hydrogen-bond donors (Lipinski definition) is 3. The van der Waals surface area contributed by atoms with Gasteiger partial charge in [-0.2, -0.15) is 0 Å². The summed E-state index contributed by atoms with van der Waals surface area (Å²) in [5, 5.41) is 2.98. The Morgan fingerprint density at radius 2 is 1.93 bits per heavy atom. The molecule has 27 heavy (non-hydrogen) atoms. The van der Waals surface area contributed by atoms with Crippen molar-refractivity contribution in [2.75, 3.05) is 0 Å². The molecule has 1 aliphatic heterocycles. The first-order valence-corrected chi connectivity index (χ1v) is 8.98. The van der Waals surface area contributed by atoms with Crippen molar-refractivity contribution in [3.05, 3.63) is 84.3 Å². The molecule has 1 amide bonds. The maximum Gasteiger partial charge on any atom is 0.238 e. The van der Waals surface area contributed by atoms with Crippen LogP contribution >= 0.6 is 0 Å². The average molecular weight is 359 g/mol. The molecule has 3 heterocycles. The fraction of sp³-hybridized carbons (Fsp3) is 0.190. The maximum absolute atomic E-state index is 12.4. The molecule has 0 saturated carbocycles. The third-order valence-corrected chi connectivity index (χ3v) is 4.67. The molecule has 3 N–H and O–H groups in total. The average Bonchev–Trinajstić information content (AvgIpc) is 3.24. The summed E-state index contributed by atoms with van der Waals surface area (Å²) in [5.74, 6) is -0.0164. The van der Waals surface area contributed by atoms with Gasteiger partial charge in [0, 0.05) is 36.7 Å². The second-order valence-electron chi connectivity index (χ2n) is 6.55. The summed E-state index contributed by atoms with van der Waals surface area (Å²) >= 11 is 0. The third kappa shape index (κ3) is 4.19. The van der Waals surface area contributed by atoms with Crippen LogP contribution in [0.5, 0.6) is 0 Å². The van der Waals surface area contributed by atoms with Crippen LogP contribution in [-0.2, 0) is 11.3 Å². The van der Waals surface area contributed by atoms with Gasteiger partial charge in [-0.25, -0.2) is 10.9 Å². The van der Waals surface area contributed by atoms with Crippen molar-refractivity contribution in [2.45, 2.75) is 25.0 Å². The van der Waals surface area contributed by atoms with Gasteiger partial charge in [0.1, 0.15) is 6.04 Å². The molecule has 0 radical (unpaired) electrons. The molecule has 0 spiro atoms. The smallest absolute Gasteiger partial charge is 0.238 e. The largest absolute Gasteiger partial charge is 0.351 e. The summed E-state index contributed by atoms with van der Waals surface area (Å²) in [4.78, 5) is 21.0. The van der Waals surface area contributed by atoms with Gasteiger partial charge in [-0.3, -0.25) is 14.8 Å². The lowest BCUT2D eigenvalue weighted by atomic mass is 10.0. The fourth-order valence-corrected chi connectivity index (χ4v) is 3.16. The lowest BCUT2D eigenvalue weighted by Gasteiger charge is -2.11. The first kappa shape index (κ1) is 17.3. The summed E-state index contributed by atoms with van der Waals surface area (Å²) in [7, 11) is 0. The van der Waals surface area contributed by atoms with E-state index in [1.165, 1.54) is 5.56 Å². The Morgan fingerprint density at radius 1 is 1.04 bits per heavy atom. The standard InChI is InChI=1S/C21H21N5O/c27-21(20-11-19(25-26-20)16-5-2-1-3-6-16)24-13-15-8-9-18(23-12-15)17-7-4-10-22-14-17/h1-10,12,14,19-20,25-26H,11,13H2,(H,24,27). The zero-order valence-corrected chi connectivity index (χ0v) is 14.8. The van der Waals surface area contributed by atoms with Gasteiger partial charge < -0.3 is 5.32 Å². The minimum Gasteiger partial charge on any atom is -0.351 e. The topological polar surface area (TPSA) is 78.9 Å². The lowest BCUT2D eigenvalue weighted by molar-refractivity contribution is -0.123. The SMILES string of the molecule is O=C(NCc1ccc(-c2cccnc2)nc1)C1CC(c2ccccc2)NN1. The van der Waals surface area contributed by atoms with Crippen LogP contribution in [0.1, 0.15) is 23.6 Å². The summed E-state index contributed by atoms with van der Waals surface area (Å²) in [6, 6.07) is 17.8. The minimum absolute atomic E-state index is 0.0164. The Labute approximate surface area is 158 Å². The quantitative estimate of drug-likeness (QED) is 0.652. The number of carbonyl (C=O) groups excluding carboxylic acids is 1. The molecule has 136 valence electrons. The highest BCUT2D eigenvalue weighted by Crippen LogP contribution is 2.22. The normalized spacial score (nSPS) is 19.0. The summed E-state index contributed by atoms with van der Waals surface area (Å²) in [6.45, 7) is 0.452. The van der Waals surface area contributed by atoms with Gasteiger partial charge in [0.25, 0.3) is 0 Å². The van der Waals surface area contributed by atoms with Gasteiger partial charge in [0.15, 0.2) is 0 Å². The van der Waals surface area contributed by atoms with E-state index in [1.807, 2.05) is 42.5 Å².